The first-order chi connectivity index (χ1) is 8.45. The topological polar surface area (TPSA) is 23.6 Å². The Morgan fingerprint density at radius 3 is 2.39 bits per heavy atom. The Balaban J connectivity index is 2.58. The minimum absolute atomic E-state index is 0.121. The average molecular weight is 254 g/mol. The highest BCUT2D eigenvalue weighted by Crippen LogP contribution is 2.16. The van der Waals surface area contributed by atoms with Crippen molar-refractivity contribution in [3.8, 4) is 0 Å². The molecule has 0 bridgehead atoms. The smallest absolute Gasteiger partial charge is 0.151 e. The van der Waals surface area contributed by atoms with Crippen LogP contribution in [0.15, 0.2) is 0 Å². The summed E-state index contributed by atoms with van der Waals surface area (Å²) in [6.07, 6.45) is 1.89. The Morgan fingerprint density at radius 2 is 1.89 bits per heavy atom. The maximum Gasteiger partial charge on any atom is 0.151 e. The van der Waals surface area contributed by atoms with Crippen molar-refractivity contribution in [3.63, 3.8) is 0 Å². The minimum Gasteiger partial charge on any atom is -0.300 e. The summed E-state index contributed by atoms with van der Waals surface area (Å²) in [4.78, 5) is 16.9. The van der Waals surface area contributed by atoms with E-state index < -0.39 is 0 Å². The second-order valence-electron chi connectivity index (χ2n) is 6.15. The summed E-state index contributed by atoms with van der Waals surface area (Å²) in [6.45, 7) is 15.1. The van der Waals surface area contributed by atoms with Gasteiger partial charge < -0.3 is 4.90 Å². The summed E-state index contributed by atoms with van der Waals surface area (Å²) in [5.41, 5.74) is 0. The summed E-state index contributed by atoms with van der Waals surface area (Å²) in [5.74, 6) is 1.14. The highest BCUT2D eigenvalue weighted by Gasteiger charge is 2.32. The predicted molar refractivity (Wildman–Crippen MR) is 76.8 cm³/mol. The molecule has 0 unspecified atom stereocenters. The molecule has 0 aromatic rings. The number of piperazine rings is 1. The zero-order chi connectivity index (χ0) is 13.7. The minimum atomic E-state index is 0.121. The number of hydrogen-bond donors (Lipinski definition) is 0. The van der Waals surface area contributed by atoms with Gasteiger partial charge in [-0.25, -0.2) is 0 Å². The maximum absolute atomic E-state index is 12.1. The molecule has 0 amide bonds. The second-order valence-corrected chi connectivity index (χ2v) is 6.15. The van der Waals surface area contributed by atoms with Crippen LogP contribution in [0.4, 0.5) is 0 Å². The van der Waals surface area contributed by atoms with E-state index in [1.54, 1.807) is 0 Å². The van der Waals surface area contributed by atoms with E-state index in [9.17, 15) is 4.79 Å². The quantitative estimate of drug-likeness (QED) is 0.727. The van der Waals surface area contributed by atoms with Gasteiger partial charge in [0.25, 0.3) is 0 Å². The number of nitrogens with zero attached hydrogens (tertiary/aromatic N) is 2. The number of rotatable bonds is 6. The Labute approximate surface area is 113 Å². The van der Waals surface area contributed by atoms with Gasteiger partial charge in [0.05, 0.1) is 6.04 Å². The lowest BCUT2D eigenvalue weighted by molar-refractivity contribution is -0.127. The third-order valence-corrected chi connectivity index (χ3v) is 3.91. The highest BCUT2D eigenvalue weighted by molar-refractivity contribution is 5.84. The summed E-state index contributed by atoms with van der Waals surface area (Å²) in [7, 11) is 0. The van der Waals surface area contributed by atoms with Gasteiger partial charge in [0, 0.05) is 32.1 Å². The third-order valence-electron chi connectivity index (χ3n) is 3.91. The molecule has 1 atom stereocenters. The molecule has 3 nitrogen and oxygen atoms in total. The van der Waals surface area contributed by atoms with Gasteiger partial charge in [-0.05, 0) is 32.7 Å². The first kappa shape index (κ1) is 15.6. The van der Waals surface area contributed by atoms with E-state index in [4.69, 9.17) is 0 Å². The van der Waals surface area contributed by atoms with Crippen LogP contribution in [0.5, 0.6) is 0 Å². The average Bonchev–Trinajstić information content (AvgIpc) is 2.34. The molecule has 1 rings (SSSR count). The Hall–Kier alpha value is -0.410. The van der Waals surface area contributed by atoms with E-state index in [1.807, 2.05) is 6.92 Å². The largest absolute Gasteiger partial charge is 0.300 e. The normalized spacial score (nSPS) is 22.9. The van der Waals surface area contributed by atoms with Crippen molar-refractivity contribution in [1.29, 1.82) is 0 Å². The summed E-state index contributed by atoms with van der Waals surface area (Å²) in [5, 5.41) is 0. The van der Waals surface area contributed by atoms with Gasteiger partial charge in [0.2, 0.25) is 0 Å². The van der Waals surface area contributed by atoms with Crippen molar-refractivity contribution in [2.75, 3.05) is 26.2 Å². The molecule has 0 N–H and O–H groups in total. The van der Waals surface area contributed by atoms with Gasteiger partial charge in [0.15, 0.2) is 5.78 Å². The van der Waals surface area contributed by atoms with Crippen LogP contribution in [-0.4, -0.2) is 53.8 Å². The van der Waals surface area contributed by atoms with Crippen LogP contribution in [-0.2, 0) is 4.79 Å². The van der Waals surface area contributed by atoms with E-state index in [1.165, 1.54) is 6.42 Å². The monoisotopic (exact) mass is 254 g/mol. The van der Waals surface area contributed by atoms with Gasteiger partial charge in [-0.3, -0.25) is 9.69 Å². The van der Waals surface area contributed by atoms with E-state index in [0.717, 1.165) is 32.1 Å². The zero-order valence-electron chi connectivity index (χ0n) is 12.8. The number of hydrogen-bond acceptors (Lipinski definition) is 3. The van der Waals surface area contributed by atoms with Gasteiger partial charge in [-0.1, -0.05) is 20.8 Å². The summed E-state index contributed by atoms with van der Waals surface area (Å²) >= 11 is 0. The predicted octanol–water partition coefficient (Wildman–Crippen LogP) is 2.41. The van der Waals surface area contributed by atoms with Crippen LogP contribution in [0.2, 0.25) is 0 Å². The van der Waals surface area contributed by atoms with Gasteiger partial charge in [-0.15, -0.1) is 0 Å². The molecule has 0 aromatic carbocycles. The standard InChI is InChI=1S/C15H30N2O/c1-6-15(18)14-11-16(8-7-12(2)3)9-10-17(14)13(4)5/h12-14H,6-11H2,1-5H3/t14-/m0/s1. The van der Waals surface area contributed by atoms with Crippen LogP contribution >= 0.6 is 0 Å². The highest BCUT2D eigenvalue weighted by atomic mass is 16.1. The van der Waals surface area contributed by atoms with E-state index in [2.05, 4.69) is 37.5 Å². The van der Waals surface area contributed by atoms with Crippen molar-refractivity contribution in [1.82, 2.24) is 9.80 Å². The number of carbonyl (C=O) groups is 1. The number of ketones is 1. The Morgan fingerprint density at radius 1 is 1.22 bits per heavy atom. The van der Waals surface area contributed by atoms with Gasteiger partial charge >= 0.3 is 0 Å². The fraction of sp³-hybridized carbons (Fsp3) is 0.933. The number of carbonyl (C=O) groups excluding carboxylic acids is 1. The van der Waals surface area contributed by atoms with Crippen LogP contribution < -0.4 is 0 Å². The van der Waals surface area contributed by atoms with Crippen LogP contribution in [0.1, 0.15) is 47.5 Å². The molecule has 1 heterocycles. The molecule has 3 heteroatoms. The SMILES string of the molecule is CCC(=O)[C@@H]1CN(CCC(C)C)CCN1C(C)C. The molecule has 1 aliphatic heterocycles. The van der Waals surface area contributed by atoms with Crippen LogP contribution in [0, 0.1) is 5.92 Å². The second kappa shape index (κ2) is 7.25. The van der Waals surface area contributed by atoms with E-state index >= 15 is 0 Å². The van der Waals surface area contributed by atoms with Gasteiger partial charge in [0.1, 0.15) is 0 Å². The first-order valence-corrected chi connectivity index (χ1v) is 7.46. The number of Topliss-reactive ketones (excluding diaryl/α,β-unsaturated/α-hetero) is 1. The Bertz CT molecular complexity index is 263. The van der Waals surface area contributed by atoms with Crippen molar-refractivity contribution < 1.29 is 4.79 Å². The molecule has 0 aromatic heterocycles. The third kappa shape index (κ3) is 4.36. The molecule has 1 fully saturated rings. The van der Waals surface area contributed by atoms with Crippen LogP contribution in [0.25, 0.3) is 0 Å². The fourth-order valence-corrected chi connectivity index (χ4v) is 2.64. The van der Waals surface area contributed by atoms with Crippen molar-refractivity contribution in [3.05, 3.63) is 0 Å². The maximum atomic E-state index is 12.1. The molecular weight excluding hydrogens is 224 g/mol. The summed E-state index contributed by atoms with van der Waals surface area (Å²) in [6, 6.07) is 0.591. The van der Waals surface area contributed by atoms with Gasteiger partial charge in [-0.2, -0.15) is 0 Å². The molecule has 0 saturated carbocycles. The molecule has 0 radical (unpaired) electrons. The molecule has 1 saturated heterocycles. The molecule has 1 aliphatic rings. The van der Waals surface area contributed by atoms with E-state index in [-0.39, 0.29) is 6.04 Å². The summed E-state index contributed by atoms with van der Waals surface area (Å²) < 4.78 is 0. The van der Waals surface area contributed by atoms with Crippen molar-refractivity contribution in [2.45, 2.75) is 59.5 Å². The lowest BCUT2D eigenvalue weighted by atomic mass is 10.0. The molecule has 18 heavy (non-hydrogen) atoms. The fourth-order valence-electron chi connectivity index (χ4n) is 2.64. The van der Waals surface area contributed by atoms with Crippen molar-refractivity contribution in [2.24, 2.45) is 5.92 Å². The van der Waals surface area contributed by atoms with E-state index in [0.29, 0.717) is 18.2 Å². The molecule has 0 aliphatic carbocycles. The zero-order valence-corrected chi connectivity index (χ0v) is 12.8. The molecule has 106 valence electrons. The first-order valence-electron chi connectivity index (χ1n) is 7.46. The molecule has 0 spiro atoms. The van der Waals surface area contributed by atoms with Crippen molar-refractivity contribution >= 4 is 5.78 Å². The lowest BCUT2D eigenvalue weighted by Gasteiger charge is -2.43. The lowest BCUT2D eigenvalue weighted by Crippen LogP contribution is -2.58. The van der Waals surface area contributed by atoms with Crippen LogP contribution in [0.3, 0.4) is 0 Å². The molecular formula is C15H30N2O. The Kier molecular flexibility index (Phi) is 6.30.